The zero-order valence-corrected chi connectivity index (χ0v) is 13.7. The highest BCUT2D eigenvalue weighted by Gasteiger charge is 2.29. The average Bonchev–Trinajstić information content (AvgIpc) is 2.40. The molecule has 1 saturated heterocycles. The number of benzene rings is 1. The topological polar surface area (TPSA) is 29.3 Å². The molecule has 3 heteroatoms. The monoisotopic (exact) mass is 294 g/mol. The number of hydrogen-bond acceptors (Lipinski definition) is 2. The van der Waals surface area contributed by atoms with E-state index in [-0.39, 0.29) is 6.04 Å². The Morgan fingerprint density at radius 2 is 2.00 bits per heavy atom. The third kappa shape index (κ3) is 3.67. The van der Waals surface area contributed by atoms with Crippen molar-refractivity contribution in [1.82, 2.24) is 0 Å². The van der Waals surface area contributed by atoms with Gasteiger partial charge in [0, 0.05) is 29.8 Å². The van der Waals surface area contributed by atoms with Crippen molar-refractivity contribution in [2.24, 2.45) is 11.1 Å². The van der Waals surface area contributed by atoms with Gasteiger partial charge in [0.25, 0.3) is 0 Å². The Balaban J connectivity index is 2.17. The highest BCUT2D eigenvalue weighted by atomic mass is 35.5. The lowest BCUT2D eigenvalue weighted by molar-refractivity contribution is 0.238. The normalized spacial score (nSPS) is 19.9. The van der Waals surface area contributed by atoms with Gasteiger partial charge in [0.05, 0.1) is 0 Å². The molecule has 2 rings (SSSR count). The van der Waals surface area contributed by atoms with E-state index < -0.39 is 0 Å². The van der Waals surface area contributed by atoms with Crippen LogP contribution in [0.5, 0.6) is 0 Å². The fraction of sp³-hybridized carbons (Fsp3) is 0.647. The van der Waals surface area contributed by atoms with Crippen LogP contribution in [0.25, 0.3) is 0 Å². The zero-order chi connectivity index (χ0) is 14.8. The van der Waals surface area contributed by atoms with E-state index in [0.717, 1.165) is 24.5 Å². The second-order valence-electron chi connectivity index (χ2n) is 6.61. The minimum atomic E-state index is 0.165. The largest absolute Gasteiger partial charge is 0.371 e. The Bertz CT molecular complexity index is 448. The van der Waals surface area contributed by atoms with Crippen molar-refractivity contribution in [3.8, 4) is 0 Å². The van der Waals surface area contributed by atoms with E-state index in [9.17, 15) is 0 Å². The number of hydrogen-bond donors (Lipinski definition) is 1. The van der Waals surface area contributed by atoms with Gasteiger partial charge in [-0.15, -0.1) is 0 Å². The number of piperidine rings is 1. The predicted octanol–water partition coefficient (Wildman–Crippen LogP) is 4.25. The number of nitrogens with two attached hydrogens (primary N) is 1. The van der Waals surface area contributed by atoms with Crippen molar-refractivity contribution < 1.29 is 0 Å². The summed E-state index contributed by atoms with van der Waals surface area (Å²) in [6.45, 7) is 9.04. The molecule has 1 aliphatic heterocycles. The Morgan fingerprint density at radius 1 is 1.35 bits per heavy atom. The summed E-state index contributed by atoms with van der Waals surface area (Å²) in [6.07, 6.45) is 4.69. The molecule has 0 radical (unpaired) electrons. The van der Waals surface area contributed by atoms with Crippen molar-refractivity contribution in [2.75, 3.05) is 18.0 Å². The lowest BCUT2D eigenvalue weighted by Gasteiger charge is -2.40. The molecule has 0 aliphatic carbocycles. The molecule has 20 heavy (non-hydrogen) atoms. The zero-order valence-electron chi connectivity index (χ0n) is 13.0. The summed E-state index contributed by atoms with van der Waals surface area (Å²) in [5, 5.41) is 0.805. The fourth-order valence-corrected chi connectivity index (χ4v) is 3.21. The van der Waals surface area contributed by atoms with Gasteiger partial charge in [-0.3, -0.25) is 0 Å². The van der Waals surface area contributed by atoms with E-state index in [1.54, 1.807) is 0 Å². The van der Waals surface area contributed by atoms with Gasteiger partial charge in [-0.2, -0.15) is 0 Å². The second-order valence-corrected chi connectivity index (χ2v) is 7.04. The van der Waals surface area contributed by atoms with Crippen LogP contribution in [0, 0.1) is 5.41 Å². The Hall–Kier alpha value is -0.730. The van der Waals surface area contributed by atoms with Crippen molar-refractivity contribution in [3.63, 3.8) is 0 Å². The van der Waals surface area contributed by atoms with Crippen molar-refractivity contribution in [3.05, 3.63) is 28.8 Å². The van der Waals surface area contributed by atoms with Crippen LogP contribution in [-0.4, -0.2) is 19.1 Å². The number of nitrogens with zero attached hydrogens (tertiary/aromatic N) is 1. The van der Waals surface area contributed by atoms with Gasteiger partial charge in [0.2, 0.25) is 0 Å². The van der Waals surface area contributed by atoms with Gasteiger partial charge in [-0.1, -0.05) is 31.9 Å². The second kappa shape index (κ2) is 6.36. The van der Waals surface area contributed by atoms with Gasteiger partial charge in [0.15, 0.2) is 0 Å². The molecule has 112 valence electrons. The summed E-state index contributed by atoms with van der Waals surface area (Å²) in [5.41, 5.74) is 9.10. The SMILES string of the molecule is CCC1(C)CCN(c2ccc(Cl)cc2CC(C)N)CC1. The predicted molar refractivity (Wildman–Crippen MR) is 88.7 cm³/mol. The molecule has 2 nitrogen and oxygen atoms in total. The fourth-order valence-electron chi connectivity index (χ4n) is 3.01. The molecule has 1 heterocycles. The molecule has 1 aromatic carbocycles. The van der Waals surface area contributed by atoms with E-state index >= 15 is 0 Å². The van der Waals surface area contributed by atoms with Gasteiger partial charge < -0.3 is 10.6 Å². The lowest BCUT2D eigenvalue weighted by atomic mass is 9.78. The standard InChI is InChI=1S/C17H27ClN2/c1-4-17(3)7-9-20(10-8-17)16-6-5-15(18)12-14(16)11-13(2)19/h5-6,12-13H,4,7-11,19H2,1-3H3. The van der Waals surface area contributed by atoms with Gasteiger partial charge in [-0.05, 0) is 55.4 Å². The molecular formula is C17H27ClN2. The first kappa shape index (κ1) is 15.7. The summed E-state index contributed by atoms with van der Waals surface area (Å²) in [6, 6.07) is 6.40. The number of halogens is 1. The summed E-state index contributed by atoms with van der Waals surface area (Å²) in [5.74, 6) is 0. The lowest BCUT2D eigenvalue weighted by Crippen LogP contribution is -2.39. The molecule has 0 aromatic heterocycles. The summed E-state index contributed by atoms with van der Waals surface area (Å²) in [4.78, 5) is 2.51. The molecule has 1 aliphatic rings. The van der Waals surface area contributed by atoms with E-state index in [4.69, 9.17) is 17.3 Å². The molecule has 1 unspecified atom stereocenters. The summed E-state index contributed by atoms with van der Waals surface area (Å²) < 4.78 is 0. The van der Waals surface area contributed by atoms with Gasteiger partial charge >= 0.3 is 0 Å². The van der Waals surface area contributed by atoms with Crippen LogP contribution in [0.2, 0.25) is 5.02 Å². The molecule has 1 fully saturated rings. The van der Waals surface area contributed by atoms with Crippen LogP contribution in [0.3, 0.4) is 0 Å². The number of rotatable bonds is 4. The van der Waals surface area contributed by atoms with E-state index in [1.165, 1.54) is 30.5 Å². The molecule has 1 atom stereocenters. The van der Waals surface area contributed by atoms with Crippen LogP contribution in [-0.2, 0) is 6.42 Å². The Morgan fingerprint density at radius 3 is 2.55 bits per heavy atom. The van der Waals surface area contributed by atoms with E-state index in [2.05, 4.69) is 37.8 Å². The van der Waals surface area contributed by atoms with Crippen LogP contribution in [0.1, 0.15) is 45.6 Å². The summed E-state index contributed by atoms with van der Waals surface area (Å²) >= 11 is 6.15. The maximum Gasteiger partial charge on any atom is 0.0410 e. The quantitative estimate of drug-likeness (QED) is 0.899. The molecule has 2 N–H and O–H groups in total. The van der Waals surface area contributed by atoms with Crippen LogP contribution >= 0.6 is 11.6 Å². The third-order valence-electron chi connectivity index (χ3n) is 4.75. The molecule has 0 bridgehead atoms. The minimum absolute atomic E-state index is 0.165. The Kier molecular flexibility index (Phi) is 4.98. The van der Waals surface area contributed by atoms with Crippen molar-refractivity contribution in [2.45, 2.75) is 52.5 Å². The molecular weight excluding hydrogens is 268 g/mol. The van der Waals surface area contributed by atoms with E-state index in [0.29, 0.717) is 5.41 Å². The van der Waals surface area contributed by atoms with Gasteiger partial charge in [0.1, 0.15) is 0 Å². The first-order valence-corrected chi connectivity index (χ1v) is 8.10. The highest BCUT2D eigenvalue weighted by molar-refractivity contribution is 6.30. The maximum atomic E-state index is 6.15. The first-order valence-electron chi connectivity index (χ1n) is 7.72. The van der Waals surface area contributed by atoms with Crippen LogP contribution in [0.4, 0.5) is 5.69 Å². The van der Waals surface area contributed by atoms with Gasteiger partial charge in [-0.25, -0.2) is 0 Å². The van der Waals surface area contributed by atoms with E-state index in [1.807, 2.05) is 6.07 Å². The van der Waals surface area contributed by atoms with Crippen LogP contribution < -0.4 is 10.6 Å². The molecule has 0 saturated carbocycles. The smallest absolute Gasteiger partial charge is 0.0410 e. The third-order valence-corrected chi connectivity index (χ3v) is 4.98. The molecule has 1 aromatic rings. The minimum Gasteiger partial charge on any atom is -0.371 e. The number of anilines is 1. The van der Waals surface area contributed by atoms with Crippen molar-refractivity contribution >= 4 is 17.3 Å². The first-order chi connectivity index (χ1) is 9.43. The molecule has 0 amide bonds. The highest BCUT2D eigenvalue weighted by Crippen LogP contribution is 2.37. The van der Waals surface area contributed by atoms with Crippen molar-refractivity contribution in [1.29, 1.82) is 0 Å². The Labute approximate surface area is 128 Å². The average molecular weight is 295 g/mol. The molecule has 0 spiro atoms. The summed E-state index contributed by atoms with van der Waals surface area (Å²) in [7, 11) is 0. The maximum absolute atomic E-state index is 6.15. The van der Waals surface area contributed by atoms with Crippen LogP contribution in [0.15, 0.2) is 18.2 Å².